The zero-order chi connectivity index (χ0) is 58.1. The van der Waals surface area contributed by atoms with Gasteiger partial charge in [-0.2, -0.15) is 0 Å². The Morgan fingerprint density at radius 2 is 0.618 bits per heavy atom. The molecule has 0 N–H and O–H groups in total. The second-order valence-electron chi connectivity index (χ2n) is 15.8. The summed E-state index contributed by atoms with van der Waals surface area (Å²) >= 11 is 0. The van der Waals surface area contributed by atoms with Crippen molar-refractivity contribution in [3.05, 3.63) is 129 Å². The van der Waals surface area contributed by atoms with Gasteiger partial charge in [-0.25, -0.2) is 28.8 Å². The van der Waals surface area contributed by atoms with E-state index in [0.717, 1.165) is 11.5 Å². The lowest BCUT2D eigenvalue weighted by molar-refractivity contribution is -0.157. The van der Waals surface area contributed by atoms with E-state index < -0.39 is 71.5 Å². The summed E-state index contributed by atoms with van der Waals surface area (Å²) in [7, 11) is 17.6. The molecule has 1 fully saturated rings. The van der Waals surface area contributed by atoms with Crippen molar-refractivity contribution in [2.45, 2.75) is 40.0 Å². The molecule has 0 heterocycles. The van der Waals surface area contributed by atoms with E-state index in [1.165, 1.54) is 117 Å². The predicted octanol–water partition coefficient (Wildman–Crippen LogP) is 7.21. The van der Waals surface area contributed by atoms with Crippen molar-refractivity contribution in [3.63, 3.8) is 0 Å². The fourth-order valence-electron chi connectivity index (χ4n) is 7.02. The lowest BCUT2D eigenvalue weighted by Gasteiger charge is -2.30. The quantitative estimate of drug-likeness (QED) is 0.106. The molecule has 76 heavy (non-hydrogen) atoms. The van der Waals surface area contributed by atoms with E-state index in [0.29, 0.717) is 19.3 Å². The zero-order valence-corrected chi connectivity index (χ0v) is 45.9. The van der Waals surface area contributed by atoms with Crippen molar-refractivity contribution in [2.24, 2.45) is 17.8 Å². The molecular weight excluding hydrogens is 997 g/mol. The first kappa shape index (κ1) is 67.7. The number of esters is 9. The van der Waals surface area contributed by atoms with Gasteiger partial charge in [-0.05, 0) is 88.6 Å². The third-order valence-electron chi connectivity index (χ3n) is 10.4. The first-order valence-corrected chi connectivity index (χ1v) is 22.7. The van der Waals surface area contributed by atoms with E-state index in [-0.39, 0.29) is 33.4 Å². The van der Waals surface area contributed by atoms with Crippen LogP contribution in [-0.4, -0.2) is 146 Å². The molecule has 0 spiro atoms. The van der Waals surface area contributed by atoms with Crippen LogP contribution in [0.15, 0.2) is 78.9 Å². The molecule has 0 aliphatic heterocycles. The van der Waals surface area contributed by atoms with Crippen LogP contribution < -0.4 is 9.47 Å². The third kappa shape index (κ3) is 23.3. The van der Waals surface area contributed by atoms with Crippen LogP contribution in [0.2, 0.25) is 0 Å². The number of ether oxygens (including phenoxy) is 12. The molecule has 4 aromatic carbocycles. The molecule has 1 saturated carbocycles. The Hall–Kier alpha value is -8.33. The Morgan fingerprint density at radius 1 is 0.329 bits per heavy atom. The fourth-order valence-corrected chi connectivity index (χ4v) is 7.02. The van der Waals surface area contributed by atoms with Gasteiger partial charge in [0.15, 0.2) is 0 Å². The number of rotatable bonds is 11. The van der Waals surface area contributed by atoms with Crippen molar-refractivity contribution < 1.29 is 100.0 Å². The number of hydrogen-bond donors (Lipinski definition) is 0. The average molecular weight is 1070 g/mol. The minimum atomic E-state index is -0.735. The van der Waals surface area contributed by atoms with Crippen LogP contribution in [-0.2, 0) is 61.8 Å². The normalized spacial score (nSPS) is 13.5. The van der Waals surface area contributed by atoms with Crippen molar-refractivity contribution >= 4 is 53.7 Å². The summed E-state index contributed by atoms with van der Waals surface area (Å²) < 4.78 is 55.4. The Kier molecular flexibility index (Phi) is 32.6. The Morgan fingerprint density at radius 3 is 0.895 bits per heavy atom. The third-order valence-corrected chi connectivity index (χ3v) is 10.4. The molecule has 1 aliphatic rings. The largest absolute Gasteiger partial charge is 0.497 e. The van der Waals surface area contributed by atoms with E-state index >= 15 is 0 Å². The molecule has 4 aromatic rings. The lowest BCUT2D eigenvalue weighted by atomic mass is 9.75. The average Bonchev–Trinajstić information content (AvgIpc) is 3.44. The standard InChI is InChI=1S/C12H18O6.2C12H12O6.C9H12.C8H10O2.C2H6O/c2*1-16-10(13)7-4-8(11(14)17-2)6-9(5-7)12(15)18-3;1-16-10(13)7-4-5-8(11(14)17-2)9(6-7)12(15)18-3;1-7-4-8(2)6-9(3)5-7;1-9-7-4-3-5-8(6-7)10-2;1-3-2/h7-9H,4-6H2,1-3H3;2*4-6H,1-3H3;4-6H,1-3H3;3-6H,1-2H3;1-2H3. The fraction of sp³-hybridized carbons (Fsp3) is 0.400. The lowest BCUT2D eigenvalue weighted by Crippen LogP contribution is -2.36. The summed E-state index contributed by atoms with van der Waals surface area (Å²) in [6.45, 7) is 6.38. The molecule has 5 rings (SSSR count). The predicted molar refractivity (Wildman–Crippen MR) is 274 cm³/mol. The molecular formula is C55H70O21. The highest BCUT2D eigenvalue weighted by Crippen LogP contribution is 2.35. The zero-order valence-electron chi connectivity index (χ0n) is 45.9. The smallest absolute Gasteiger partial charge is 0.338 e. The summed E-state index contributed by atoms with van der Waals surface area (Å²) in [5, 5.41) is 0. The van der Waals surface area contributed by atoms with Crippen LogP contribution in [0, 0.1) is 38.5 Å². The van der Waals surface area contributed by atoms with Gasteiger partial charge in [0.05, 0.1) is 129 Å². The van der Waals surface area contributed by atoms with Gasteiger partial charge < -0.3 is 56.8 Å². The van der Waals surface area contributed by atoms with Crippen molar-refractivity contribution in [1.29, 1.82) is 0 Å². The molecule has 0 saturated heterocycles. The molecule has 0 unspecified atom stereocenters. The van der Waals surface area contributed by atoms with Crippen LogP contribution in [0.3, 0.4) is 0 Å². The van der Waals surface area contributed by atoms with Gasteiger partial charge in [0.2, 0.25) is 0 Å². The van der Waals surface area contributed by atoms with Crippen LogP contribution in [0.5, 0.6) is 11.5 Å². The monoisotopic (exact) mass is 1070 g/mol. The van der Waals surface area contributed by atoms with E-state index in [1.807, 2.05) is 24.3 Å². The molecule has 0 amide bonds. The Balaban J connectivity index is 0.000000933. The number of carbonyl (C=O) groups excluding carboxylic acids is 9. The number of hydrogen-bond acceptors (Lipinski definition) is 21. The molecule has 21 nitrogen and oxygen atoms in total. The maximum absolute atomic E-state index is 11.6. The Labute approximate surface area is 443 Å². The summed E-state index contributed by atoms with van der Waals surface area (Å²) in [6, 6.07) is 21.8. The number of methoxy groups -OCH3 is 12. The van der Waals surface area contributed by atoms with Crippen LogP contribution in [0.1, 0.15) is 98.1 Å². The van der Waals surface area contributed by atoms with Gasteiger partial charge in [-0.15, -0.1) is 0 Å². The molecule has 0 atom stereocenters. The minimum Gasteiger partial charge on any atom is -0.497 e. The van der Waals surface area contributed by atoms with Crippen molar-refractivity contribution in [2.75, 3.05) is 92.4 Å². The topological polar surface area (TPSA) is 264 Å². The maximum atomic E-state index is 11.6. The number of carbonyl (C=O) groups is 9. The second-order valence-corrected chi connectivity index (χ2v) is 15.8. The minimum absolute atomic E-state index is 0.0250. The van der Waals surface area contributed by atoms with Crippen molar-refractivity contribution in [1.82, 2.24) is 0 Å². The molecule has 0 aromatic heterocycles. The van der Waals surface area contributed by atoms with Crippen LogP contribution in [0.25, 0.3) is 0 Å². The van der Waals surface area contributed by atoms with Gasteiger partial charge in [0, 0.05) is 20.3 Å². The Bertz CT molecular complexity index is 2340. The van der Waals surface area contributed by atoms with Crippen LogP contribution >= 0.6 is 0 Å². The molecule has 21 heteroatoms. The molecule has 1 aliphatic carbocycles. The summed E-state index contributed by atoms with van der Waals surface area (Å²) in [4.78, 5) is 103. The number of aryl methyl sites for hydroxylation is 3. The summed E-state index contributed by atoms with van der Waals surface area (Å²) in [5.41, 5.74) is 4.39. The van der Waals surface area contributed by atoms with Crippen LogP contribution in [0.4, 0.5) is 0 Å². The molecule has 416 valence electrons. The first-order valence-electron chi connectivity index (χ1n) is 22.7. The maximum Gasteiger partial charge on any atom is 0.338 e. The van der Waals surface area contributed by atoms with Crippen molar-refractivity contribution in [3.8, 4) is 11.5 Å². The molecule has 0 bridgehead atoms. The van der Waals surface area contributed by atoms with Gasteiger partial charge in [-0.1, -0.05) is 41.0 Å². The van der Waals surface area contributed by atoms with E-state index in [4.69, 9.17) is 9.47 Å². The SMILES string of the molecule is COC.COC(=O)C1CC(C(=O)OC)CC(C(=O)OC)C1.COC(=O)c1cc(C(=O)OC)cc(C(=O)OC)c1.COC(=O)c1ccc(C(=O)OC)c(C(=O)OC)c1.COc1cccc(OC)c1.Cc1cc(C)cc(C)c1. The second kappa shape index (κ2) is 36.6. The first-order chi connectivity index (χ1) is 36.1. The van der Waals surface area contributed by atoms with Gasteiger partial charge >= 0.3 is 53.7 Å². The highest BCUT2D eigenvalue weighted by Gasteiger charge is 2.40. The van der Waals surface area contributed by atoms with Gasteiger partial charge in [0.1, 0.15) is 11.5 Å². The van der Waals surface area contributed by atoms with Gasteiger partial charge in [-0.3, -0.25) is 14.4 Å². The highest BCUT2D eigenvalue weighted by atomic mass is 16.6. The van der Waals surface area contributed by atoms with E-state index in [1.54, 1.807) is 28.4 Å². The molecule has 0 radical (unpaired) electrons. The number of benzene rings is 4. The summed E-state index contributed by atoms with van der Waals surface area (Å²) in [5.74, 6) is -4.98. The summed E-state index contributed by atoms with van der Waals surface area (Å²) in [6.07, 6.45) is 1.06. The van der Waals surface area contributed by atoms with E-state index in [9.17, 15) is 43.2 Å². The highest BCUT2D eigenvalue weighted by molar-refractivity contribution is 6.05. The van der Waals surface area contributed by atoms with E-state index in [2.05, 4.69) is 86.3 Å². The van der Waals surface area contributed by atoms with Gasteiger partial charge in [0.25, 0.3) is 0 Å².